The zero-order valence-electron chi connectivity index (χ0n) is 17.6. The van der Waals surface area contributed by atoms with Crippen molar-refractivity contribution in [3.05, 3.63) is 17.3 Å². The minimum atomic E-state index is -0.287. The molecule has 4 fully saturated rings. The molecule has 1 atom stereocenters. The molecule has 1 aliphatic carbocycles. The molecule has 1 aromatic rings. The van der Waals surface area contributed by atoms with Crippen molar-refractivity contribution >= 4 is 34.9 Å². The number of likely N-dealkylation sites (tertiary alicyclic amines) is 1. The molecule has 0 unspecified atom stereocenters. The van der Waals surface area contributed by atoms with E-state index < -0.39 is 0 Å². The predicted molar refractivity (Wildman–Crippen MR) is 118 cm³/mol. The van der Waals surface area contributed by atoms with Crippen molar-refractivity contribution in [2.45, 2.75) is 70.3 Å². The molecule has 7 heteroatoms. The van der Waals surface area contributed by atoms with Crippen molar-refractivity contribution in [1.29, 1.82) is 0 Å². The average molecular weight is 431 g/mol. The zero-order valence-corrected chi connectivity index (χ0v) is 18.4. The van der Waals surface area contributed by atoms with Crippen LogP contribution in [0, 0.1) is 5.41 Å². The van der Waals surface area contributed by atoms with Crippen molar-refractivity contribution in [1.82, 2.24) is 9.88 Å². The van der Waals surface area contributed by atoms with E-state index in [0.717, 1.165) is 69.7 Å². The zero-order chi connectivity index (χ0) is 20.7. The third kappa shape index (κ3) is 3.47. The lowest BCUT2D eigenvalue weighted by Gasteiger charge is -2.41. The first-order valence-electron chi connectivity index (χ1n) is 11.6. The molecule has 1 aromatic heterocycles. The summed E-state index contributed by atoms with van der Waals surface area (Å²) in [5.41, 5.74) is 0.489. The average Bonchev–Trinajstić information content (AvgIpc) is 3.32. The Bertz CT molecular complexity index is 840. The molecule has 162 valence electrons. The highest BCUT2D eigenvalue weighted by Crippen LogP contribution is 2.44. The number of anilines is 2. The number of rotatable bonds is 3. The van der Waals surface area contributed by atoms with E-state index in [9.17, 15) is 9.59 Å². The summed E-state index contributed by atoms with van der Waals surface area (Å²) in [6.07, 6.45) is 12.2. The van der Waals surface area contributed by atoms with Crippen LogP contribution in [0.4, 0.5) is 11.5 Å². The Labute approximate surface area is 183 Å². The van der Waals surface area contributed by atoms with Gasteiger partial charge in [0.05, 0.1) is 22.3 Å². The molecule has 5 rings (SSSR count). The van der Waals surface area contributed by atoms with E-state index in [2.05, 4.69) is 14.8 Å². The second-order valence-corrected chi connectivity index (χ2v) is 9.90. The van der Waals surface area contributed by atoms with Crippen LogP contribution < -0.4 is 9.80 Å². The van der Waals surface area contributed by atoms with Crippen molar-refractivity contribution in [2.75, 3.05) is 36.0 Å². The van der Waals surface area contributed by atoms with Crippen LogP contribution in [0.15, 0.2) is 12.3 Å². The first-order chi connectivity index (χ1) is 14.6. The van der Waals surface area contributed by atoms with E-state index in [1.165, 1.54) is 19.3 Å². The van der Waals surface area contributed by atoms with Gasteiger partial charge in [-0.05, 0) is 44.6 Å². The third-order valence-corrected chi connectivity index (χ3v) is 7.91. The summed E-state index contributed by atoms with van der Waals surface area (Å²) in [6, 6.07) is 2.30. The molecule has 3 aliphatic heterocycles. The Morgan fingerprint density at radius 2 is 1.83 bits per heavy atom. The standard InChI is InChI=1S/C23H31ClN4O2/c24-19-14-18(27-12-4-8-20(27)29)15-25-21(19)26-11-5-9-23(16-26)10-13-28(22(23)30)17-6-2-1-3-7-17/h14-15,17H,1-13,16H2/t23-/m1/s1. The van der Waals surface area contributed by atoms with Crippen LogP contribution in [0.1, 0.15) is 64.2 Å². The van der Waals surface area contributed by atoms with E-state index in [1.54, 1.807) is 11.1 Å². The minimum absolute atomic E-state index is 0.136. The summed E-state index contributed by atoms with van der Waals surface area (Å²) in [6.45, 7) is 3.19. The van der Waals surface area contributed by atoms with E-state index in [-0.39, 0.29) is 11.3 Å². The molecule has 3 saturated heterocycles. The third-order valence-electron chi connectivity index (χ3n) is 7.63. The van der Waals surface area contributed by atoms with Crippen molar-refractivity contribution < 1.29 is 9.59 Å². The number of hydrogen-bond donors (Lipinski definition) is 0. The second-order valence-electron chi connectivity index (χ2n) is 9.49. The number of pyridine rings is 1. The number of halogens is 1. The number of carbonyl (C=O) groups excluding carboxylic acids is 2. The summed E-state index contributed by atoms with van der Waals surface area (Å²) in [5, 5.41) is 0.568. The molecule has 2 amide bonds. The maximum absolute atomic E-state index is 13.5. The van der Waals surface area contributed by atoms with Gasteiger partial charge >= 0.3 is 0 Å². The molecule has 4 heterocycles. The maximum Gasteiger partial charge on any atom is 0.230 e. The SMILES string of the molecule is O=C1CCCN1c1cnc(N2CCC[C@@]3(CCN(C4CCCCC4)C3=O)C2)c(Cl)c1. The lowest BCUT2D eigenvalue weighted by atomic mass is 9.78. The van der Waals surface area contributed by atoms with Crippen LogP contribution in [-0.2, 0) is 9.59 Å². The van der Waals surface area contributed by atoms with Crippen LogP contribution in [0.5, 0.6) is 0 Å². The Balaban J connectivity index is 1.33. The molecule has 0 aromatic carbocycles. The molecule has 6 nitrogen and oxygen atoms in total. The lowest BCUT2D eigenvalue weighted by Crippen LogP contribution is -2.50. The highest BCUT2D eigenvalue weighted by atomic mass is 35.5. The Morgan fingerprint density at radius 1 is 1.00 bits per heavy atom. The van der Waals surface area contributed by atoms with Crippen LogP contribution >= 0.6 is 11.6 Å². The van der Waals surface area contributed by atoms with Gasteiger partial charge in [0.25, 0.3) is 0 Å². The first kappa shape index (κ1) is 20.1. The van der Waals surface area contributed by atoms with Gasteiger partial charge in [0.15, 0.2) is 0 Å². The van der Waals surface area contributed by atoms with E-state index >= 15 is 0 Å². The largest absolute Gasteiger partial charge is 0.354 e. The number of amides is 2. The van der Waals surface area contributed by atoms with Gasteiger partial charge in [-0.3, -0.25) is 9.59 Å². The highest BCUT2D eigenvalue weighted by molar-refractivity contribution is 6.33. The van der Waals surface area contributed by atoms with Crippen molar-refractivity contribution in [3.63, 3.8) is 0 Å². The van der Waals surface area contributed by atoms with Gasteiger partial charge in [0, 0.05) is 38.6 Å². The molecule has 0 N–H and O–H groups in total. The van der Waals surface area contributed by atoms with Gasteiger partial charge in [-0.25, -0.2) is 4.98 Å². The molecule has 1 spiro atoms. The van der Waals surface area contributed by atoms with E-state index in [1.807, 2.05) is 6.07 Å². The van der Waals surface area contributed by atoms with Gasteiger partial charge < -0.3 is 14.7 Å². The molecule has 30 heavy (non-hydrogen) atoms. The van der Waals surface area contributed by atoms with E-state index in [4.69, 9.17) is 11.6 Å². The van der Waals surface area contributed by atoms with E-state index in [0.29, 0.717) is 29.9 Å². The summed E-state index contributed by atoms with van der Waals surface area (Å²) in [5.74, 6) is 1.24. The minimum Gasteiger partial charge on any atom is -0.354 e. The summed E-state index contributed by atoms with van der Waals surface area (Å²) >= 11 is 6.63. The Kier molecular flexibility index (Phi) is 5.38. The number of piperidine rings is 1. The number of aromatic nitrogens is 1. The van der Waals surface area contributed by atoms with Crippen LogP contribution in [0.3, 0.4) is 0 Å². The van der Waals surface area contributed by atoms with Gasteiger partial charge in [-0.15, -0.1) is 0 Å². The predicted octanol–water partition coefficient (Wildman–Crippen LogP) is 4.01. The number of hydrogen-bond acceptors (Lipinski definition) is 4. The molecule has 0 bridgehead atoms. The summed E-state index contributed by atoms with van der Waals surface area (Å²) in [7, 11) is 0. The Morgan fingerprint density at radius 3 is 2.57 bits per heavy atom. The fraction of sp³-hybridized carbons (Fsp3) is 0.696. The van der Waals surface area contributed by atoms with Crippen molar-refractivity contribution in [3.8, 4) is 0 Å². The molecular formula is C23H31ClN4O2. The van der Waals surface area contributed by atoms with Crippen LogP contribution in [0.2, 0.25) is 5.02 Å². The van der Waals surface area contributed by atoms with Crippen LogP contribution in [0.25, 0.3) is 0 Å². The molecular weight excluding hydrogens is 400 g/mol. The summed E-state index contributed by atoms with van der Waals surface area (Å²) < 4.78 is 0. The van der Waals surface area contributed by atoms with Gasteiger partial charge in [0.1, 0.15) is 5.82 Å². The molecule has 1 saturated carbocycles. The van der Waals surface area contributed by atoms with Gasteiger partial charge in [-0.2, -0.15) is 0 Å². The Hall–Kier alpha value is -1.82. The maximum atomic E-state index is 13.5. The highest BCUT2D eigenvalue weighted by Gasteiger charge is 2.50. The number of nitrogens with zero attached hydrogens (tertiary/aromatic N) is 4. The van der Waals surface area contributed by atoms with Gasteiger partial charge in [-0.1, -0.05) is 30.9 Å². The smallest absolute Gasteiger partial charge is 0.230 e. The topological polar surface area (TPSA) is 56.8 Å². The van der Waals surface area contributed by atoms with Gasteiger partial charge in [0.2, 0.25) is 11.8 Å². The normalized spacial score (nSPS) is 28.2. The number of carbonyl (C=O) groups is 2. The lowest BCUT2D eigenvalue weighted by molar-refractivity contribution is -0.139. The quantitative estimate of drug-likeness (QED) is 0.726. The monoisotopic (exact) mass is 430 g/mol. The first-order valence-corrected chi connectivity index (χ1v) is 12.0. The second kappa shape index (κ2) is 8.03. The fourth-order valence-electron chi connectivity index (χ4n) is 6.00. The fourth-order valence-corrected chi connectivity index (χ4v) is 6.28. The molecule has 4 aliphatic rings. The van der Waals surface area contributed by atoms with Crippen LogP contribution in [-0.4, -0.2) is 53.9 Å². The van der Waals surface area contributed by atoms with Crippen molar-refractivity contribution in [2.24, 2.45) is 5.41 Å². The molecule has 0 radical (unpaired) electrons. The summed E-state index contributed by atoms with van der Waals surface area (Å²) in [4.78, 5) is 36.4.